The van der Waals surface area contributed by atoms with Gasteiger partial charge in [-0.25, -0.2) is 0 Å². The van der Waals surface area contributed by atoms with E-state index in [1.54, 1.807) is 6.92 Å². The highest BCUT2D eigenvalue weighted by Crippen LogP contribution is 2.33. The van der Waals surface area contributed by atoms with Crippen LogP contribution in [0.3, 0.4) is 0 Å². The Morgan fingerprint density at radius 1 is 1.00 bits per heavy atom. The van der Waals surface area contributed by atoms with Gasteiger partial charge in [-0.2, -0.15) is 0 Å². The molecule has 0 spiro atoms. The van der Waals surface area contributed by atoms with Crippen LogP contribution in [0.2, 0.25) is 0 Å². The minimum absolute atomic E-state index is 0.130. The Morgan fingerprint density at radius 3 is 2.47 bits per heavy atom. The molecule has 0 amide bonds. The van der Waals surface area contributed by atoms with Gasteiger partial charge in [0.1, 0.15) is 0 Å². The van der Waals surface area contributed by atoms with Crippen LogP contribution in [0.4, 0.5) is 0 Å². The maximum absolute atomic E-state index is 11.5. The summed E-state index contributed by atoms with van der Waals surface area (Å²) in [5, 5.41) is 2.28. The minimum Gasteiger partial charge on any atom is -0.294 e. The Hall–Kier alpha value is -1.89. The van der Waals surface area contributed by atoms with Crippen LogP contribution in [0.5, 0.6) is 0 Å². The van der Waals surface area contributed by atoms with Crippen LogP contribution in [0, 0.1) is 0 Å². The normalized spacial score (nSPS) is 12.3. The van der Waals surface area contributed by atoms with Crippen LogP contribution in [-0.2, 0) is 0 Å². The van der Waals surface area contributed by atoms with E-state index in [2.05, 4.69) is 18.2 Å². The van der Waals surface area contributed by atoms with Crippen LogP contribution < -0.4 is 0 Å². The molecule has 1 heteroatoms. The first-order valence-corrected chi connectivity index (χ1v) is 5.02. The summed E-state index contributed by atoms with van der Waals surface area (Å²) in [6.45, 7) is 1.62. The van der Waals surface area contributed by atoms with Crippen molar-refractivity contribution in [3.63, 3.8) is 0 Å². The molecule has 15 heavy (non-hydrogen) atoms. The molecule has 2 aromatic rings. The number of rotatable bonds is 1. The third-order valence-electron chi connectivity index (χ3n) is 2.93. The average Bonchev–Trinajstić information content (AvgIpc) is 2.64. The van der Waals surface area contributed by atoms with Crippen LogP contribution >= 0.6 is 0 Å². The molecule has 1 aliphatic rings. The number of carbonyl (C=O) groups is 1. The maximum atomic E-state index is 11.5. The number of Topliss-reactive ketones (excluding diaryl/α,β-unsaturated/α-hetero) is 1. The summed E-state index contributed by atoms with van der Waals surface area (Å²) in [6, 6.07) is 10.0. The highest BCUT2D eigenvalue weighted by molar-refractivity contribution is 6.13. The molecule has 0 N–H and O–H groups in total. The van der Waals surface area contributed by atoms with Gasteiger partial charge in [0.2, 0.25) is 0 Å². The highest BCUT2D eigenvalue weighted by Gasteiger charge is 2.12. The van der Waals surface area contributed by atoms with E-state index in [4.69, 9.17) is 0 Å². The molecular weight excluding hydrogens is 184 g/mol. The standard InChI is InChI=1S/C14H10O/c1-9(15)12-8-7-11-6-5-10-3-2-4-13(12)14(10)11/h2-8H,1H3. The fourth-order valence-electron chi connectivity index (χ4n) is 2.23. The van der Waals surface area contributed by atoms with E-state index in [9.17, 15) is 4.79 Å². The summed E-state index contributed by atoms with van der Waals surface area (Å²) in [5.41, 5.74) is 3.25. The van der Waals surface area contributed by atoms with Gasteiger partial charge in [0.15, 0.2) is 5.78 Å². The smallest absolute Gasteiger partial charge is 0.160 e. The van der Waals surface area contributed by atoms with Gasteiger partial charge in [0.25, 0.3) is 0 Å². The van der Waals surface area contributed by atoms with Crippen molar-refractivity contribution in [1.82, 2.24) is 0 Å². The first-order chi connectivity index (χ1) is 7.27. The number of hydrogen-bond donors (Lipinski definition) is 0. The van der Waals surface area contributed by atoms with Crippen molar-refractivity contribution in [3.8, 4) is 0 Å². The molecule has 0 heterocycles. The van der Waals surface area contributed by atoms with Gasteiger partial charge in [-0.05, 0) is 28.8 Å². The lowest BCUT2D eigenvalue weighted by atomic mass is 9.97. The van der Waals surface area contributed by atoms with Crippen molar-refractivity contribution < 1.29 is 4.79 Å². The molecule has 2 aromatic carbocycles. The number of carbonyl (C=O) groups excluding carboxylic acids is 1. The van der Waals surface area contributed by atoms with E-state index in [-0.39, 0.29) is 5.78 Å². The number of hydrogen-bond acceptors (Lipinski definition) is 1. The Kier molecular flexibility index (Phi) is 1.57. The zero-order chi connectivity index (χ0) is 10.4. The molecule has 72 valence electrons. The fourth-order valence-corrected chi connectivity index (χ4v) is 2.23. The van der Waals surface area contributed by atoms with Gasteiger partial charge < -0.3 is 0 Å². The van der Waals surface area contributed by atoms with Crippen molar-refractivity contribution in [2.75, 3.05) is 0 Å². The molecule has 1 nitrogen and oxygen atoms in total. The second-order valence-electron chi connectivity index (χ2n) is 3.86. The molecule has 0 radical (unpaired) electrons. The Morgan fingerprint density at radius 2 is 1.73 bits per heavy atom. The molecule has 0 fully saturated rings. The second kappa shape index (κ2) is 2.80. The third-order valence-corrected chi connectivity index (χ3v) is 2.93. The van der Waals surface area contributed by atoms with Crippen LogP contribution in [-0.4, -0.2) is 5.78 Å². The van der Waals surface area contributed by atoms with Crippen molar-refractivity contribution in [1.29, 1.82) is 0 Å². The fraction of sp³-hybridized carbons (Fsp3) is 0.0714. The quantitative estimate of drug-likeness (QED) is 0.541. The average molecular weight is 194 g/mol. The molecule has 0 saturated heterocycles. The molecule has 0 aromatic heterocycles. The Bertz CT molecular complexity index is 594. The lowest BCUT2D eigenvalue weighted by Crippen LogP contribution is -1.94. The molecule has 0 saturated carbocycles. The predicted molar refractivity (Wildman–Crippen MR) is 62.9 cm³/mol. The summed E-state index contributed by atoms with van der Waals surface area (Å²) >= 11 is 0. The zero-order valence-electron chi connectivity index (χ0n) is 8.45. The van der Waals surface area contributed by atoms with E-state index < -0.39 is 0 Å². The molecule has 0 bridgehead atoms. The van der Waals surface area contributed by atoms with Crippen molar-refractivity contribution >= 4 is 28.7 Å². The van der Waals surface area contributed by atoms with Crippen molar-refractivity contribution in [2.24, 2.45) is 0 Å². The lowest BCUT2D eigenvalue weighted by molar-refractivity contribution is 0.101. The summed E-state index contributed by atoms with van der Waals surface area (Å²) in [6.07, 6.45) is 4.20. The van der Waals surface area contributed by atoms with Gasteiger partial charge in [-0.1, -0.05) is 42.5 Å². The van der Waals surface area contributed by atoms with E-state index in [0.717, 1.165) is 10.9 Å². The molecule has 0 aliphatic heterocycles. The lowest BCUT2D eigenvalue weighted by Gasteiger charge is -2.05. The summed E-state index contributed by atoms with van der Waals surface area (Å²) in [7, 11) is 0. The SMILES string of the molecule is CC(=O)c1ccc2c3c(cccc13)C=C2. The monoisotopic (exact) mass is 194 g/mol. The molecule has 1 aliphatic carbocycles. The predicted octanol–water partition coefficient (Wildman–Crippen LogP) is 3.53. The summed E-state index contributed by atoms with van der Waals surface area (Å²) in [5.74, 6) is 0.130. The van der Waals surface area contributed by atoms with Gasteiger partial charge in [-0.3, -0.25) is 4.79 Å². The maximum Gasteiger partial charge on any atom is 0.160 e. The van der Waals surface area contributed by atoms with E-state index in [1.165, 1.54) is 16.5 Å². The molecule has 0 unspecified atom stereocenters. The van der Waals surface area contributed by atoms with Gasteiger partial charge in [0.05, 0.1) is 0 Å². The van der Waals surface area contributed by atoms with Crippen molar-refractivity contribution in [2.45, 2.75) is 6.92 Å². The van der Waals surface area contributed by atoms with E-state index in [0.29, 0.717) is 0 Å². The zero-order valence-corrected chi connectivity index (χ0v) is 8.45. The second-order valence-corrected chi connectivity index (χ2v) is 3.86. The van der Waals surface area contributed by atoms with Crippen LogP contribution in [0.25, 0.3) is 22.9 Å². The third kappa shape index (κ3) is 1.06. The largest absolute Gasteiger partial charge is 0.294 e. The Balaban J connectivity index is 2.52. The van der Waals surface area contributed by atoms with E-state index >= 15 is 0 Å². The van der Waals surface area contributed by atoms with Crippen LogP contribution in [0.1, 0.15) is 28.4 Å². The minimum atomic E-state index is 0.130. The topological polar surface area (TPSA) is 17.1 Å². The van der Waals surface area contributed by atoms with Gasteiger partial charge >= 0.3 is 0 Å². The molecular formula is C14H10O. The molecule has 0 atom stereocenters. The highest BCUT2D eigenvalue weighted by atomic mass is 16.1. The van der Waals surface area contributed by atoms with Gasteiger partial charge in [0, 0.05) is 5.56 Å². The first-order valence-electron chi connectivity index (χ1n) is 5.02. The van der Waals surface area contributed by atoms with Gasteiger partial charge in [-0.15, -0.1) is 0 Å². The van der Waals surface area contributed by atoms with E-state index in [1.807, 2.05) is 24.3 Å². The first kappa shape index (κ1) is 8.42. The van der Waals surface area contributed by atoms with Crippen LogP contribution in [0.15, 0.2) is 30.3 Å². The number of ketones is 1. The Labute approximate surface area is 88.0 Å². The van der Waals surface area contributed by atoms with Crippen molar-refractivity contribution in [3.05, 3.63) is 47.0 Å². The summed E-state index contributed by atoms with van der Waals surface area (Å²) in [4.78, 5) is 11.5. The summed E-state index contributed by atoms with van der Waals surface area (Å²) < 4.78 is 0. The number of benzene rings is 2. The molecule has 3 rings (SSSR count).